The predicted molar refractivity (Wildman–Crippen MR) is 178 cm³/mol. The summed E-state index contributed by atoms with van der Waals surface area (Å²) >= 11 is 0. The van der Waals surface area contributed by atoms with Crippen molar-refractivity contribution in [3.8, 4) is 0 Å². The van der Waals surface area contributed by atoms with Crippen LogP contribution in [0.1, 0.15) is 124 Å². The Balaban J connectivity index is 1.28. The number of aliphatic carboxylic acids is 1. The smallest absolute Gasteiger partial charge is 0.481 e. The number of rotatable bonds is 5. The zero-order valence-corrected chi connectivity index (χ0v) is 30.2. The summed E-state index contributed by atoms with van der Waals surface area (Å²) in [6.45, 7) is 14.8. The van der Waals surface area contributed by atoms with Crippen molar-refractivity contribution in [2.45, 2.75) is 132 Å². The standard InChI is InChI=1S/C39H53NO9/c1-22-26(49-33(46)48-22)21-47-32(45)39(7)27-10-13-38(6)30(36(27,4)12-11-28(39)40-18-8-9-29(40)42)25(41)19-23-24-20-35(3,31(43)44)15-14-34(24,2)16-17-37(23,38)5/h19,24,27-28,30H,8-18,20-21H2,1-7H3,(H,43,44)/t24-,27+,28-,30+,34+,35-,36-,37+,38+,39-/m0/s1. The highest BCUT2D eigenvalue weighted by Crippen LogP contribution is 2.75. The lowest BCUT2D eigenvalue weighted by Crippen LogP contribution is -2.69. The number of aryl methyl sites for hydroxylation is 1. The van der Waals surface area contributed by atoms with Gasteiger partial charge >= 0.3 is 17.8 Å². The van der Waals surface area contributed by atoms with Crippen LogP contribution in [0, 0.1) is 57.2 Å². The minimum Gasteiger partial charge on any atom is -0.481 e. The van der Waals surface area contributed by atoms with Gasteiger partial charge in [0.15, 0.2) is 23.9 Å². The molecule has 4 saturated carbocycles. The van der Waals surface area contributed by atoms with Crippen molar-refractivity contribution in [2.75, 3.05) is 6.54 Å². The van der Waals surface area contributed by atoms with E-state index in [2.05, 4.69) is 27.7 Å². The molecule has 10 atom stereocenters. The molecule has 7 rings (SSSR count). The van der Waals surface area contributed by atoms with Crippen molar-refractivity contribution in [2.24, 2.45) is 50.2 Å². The van der Waals surface area contributed by atoms with E-state index in [1.807, 2.05) is 24.8 Å². The van der Waals surface area contributed by atoms with Gasteiger partial charge in [0.2, 0.25) is 5.91 Å². The number of hydrogen-bond acceptors (Lipinski definition) is 8. The third-order valence-electron chi connectivity index (χ3n) is 15.8. The maximum absolute atomic E-state index is 14.9. The summed E-state index contributed by atoms with van der Waals surface area (Å²) in [5.41, 5.74) is -2.06. The topological polar surface area (TPSA) is 144 Å². The molecule has 5 aliphatic carbocycles. The first-order valence-electron chi connectivity index (χ1n) is 18.4. The van der Waals surface area contributed by atoms with Gasteiger partial charge in [-0.3, -0.25) is 19.2 Å². The Morgan fingerprint density at radius 1 is 0.959 bits per heavy atom. The molecule has 49 heavy (non-hydrogen) atoms. The molecule has 10 nitrogen and oxygen atoms in total. The molecule has 1 aromatic heterocycles. The largest absolute Gasteiger partial charge is 0.519 e. The molecule has 5 fully saturated rings. The van der Waals surface area contributed by atoms with Crippen LogP contribution in [0.5, 0.6) is 0 Å². The number of amides is 1. The lowest BCUT2D eigenvalue weighted by molar-refractivity contribution is -0.212. The minimum absolute atomic E-state index is 0.0249. The molecule has 2 heterocycles. The van der Waals surface area contributed by atoms with Gasteiger partial charge in [-0.05, 0) is 125 Å². The first-order valence-corrected chi connectivity index (χ1v) is 18.4. The van der Waals surface area contributed by atoms with Gasteiger partial charge in [0.25, 0.3) is 0 Å². The van der Waals surface area contributed by atoms with E-state index in [1.54, 1.807) is 6.92 Å². The summed E-state index contributed by atoms with van der Waals surface area (Å²) in [6.07, 6.45) is 9.78. The van der Waals surface area contributed by atoms with Crippen molar-refractivity contribution in [1.82, 2.24) is 4.90 Å². The number of allylic oxidation sites excluding steroid dienone is 2. The van der Waals surface area contributed by atoms with Crippen molar-refractivity contribution >= 4 is 23.6 Å². The molecule has 1 saturated heterocycles. The summed E-state index contributed by atoms with van der Waals surface area (Å²) in [5.74, 6) is -2.07. The maximum atomic E-state index is 14.9. The number of carbonyl (C=O) groups excluding carboxylic acids is 3. The summed E-state index contributed by atoms with van der Waals surface area (Å²) in [6, 6.07) is -0.374. The lowest BCUT2D eigenvalue weighted by atomic mass is 9.33. The van der Waals surface area contributed by atoms with Gasteiger partial charge < -0.3 is 23.6 Å². The molecular weight excluding hydrogens is 626 g/mol. The fraction of sp³-hybridized carbons (Fsp3) is 0.769. The second-order valence-electron chi connectivity index (χ2n) is 18.1. The Kier molecular flexibility index (Phi) is 7.64. The molecule has 0 bridgehead atoms. The molecule has 1 amide bonds. The first-order chi connectivity index (χ1) is 22.8. The number of ketones is 1. The van der Waals surface area contributed by atoms with Crippen molar-refractivity contribution in [1.29, 1.82) is 0 Å². The number of esters is 1. The quantitative estimate of drug-likeness (QED) is 0.340. The number of likely N-dealkylation sites (tertiary alicyclic amines) is 1. The fourth-order valence-corrected chi connectivity index (χ4v) is 12.6. The van der Waals surface area contributed by atoms with Crippen LogP contribution >= 0.6 is 0 Å². The summed E-state index contributed by atoms with van der Waals surface area (Å²) < 4.78 is 16.1. The highest BCUT2D eigenvalue weighted by atomic mass is 16.6. The van der Waals surface area contributed by atoms with Gasteiger partial charge in [-0.25, -0.2) is 4.79 Å². The number of nitrogens with zero attached hydrogens (tertiary/aromatic N) is 1. The molecule has 1 aromatic rings. The third-order valence-corrected chi connectivity index (χ3v) is 15.8. The molecule has 0 radical (unpaired) electrons. The first kappa shape index (κ1) is 34.3. The number of carboxylic acids is 1. The van der Waals surface area contributed by atoms with E-state index >= 15 is 0 Å². The SMILES string of the molecule is Cc1oc(=O)oc1COC(=O)[C@]1(C)[C@@H](N2CCCC2=O)CC[C@@]2(C)[C@H]1CC[C@]1(C)[C@@H]2C(=O)C=C2[C@@H]3C[C@@](C)(C(=O)O)CC[C@]3(C)CC[C@]21C. The molecule has 10 heteroatoms. The van der Waals surface area contributed by atoms with Gasteiger partial charge in [0, 0.05) is 24.9 Å². The second-order valence-corrected chi connectivity index (χ2v) is 18.1. The van der Waals surface area contributed by atoms with Crippen LogP contribution in [0.3, 0.4) is 0 Å². The average Bonchev–Trinajstić information content (AvgIpc) is 3.60. The maximum Gasteiger partial charge on any atom is 0.519 e. The average molecular weight is 680 g/mol. The van der Waals surface area contributed by atoms with Gasteiger partial charge in [-0.2, -0.15) is 0 Å². The molecule has 0 spiro atoms. The van der Waals surface area contributed by atoms with Crippen LogP contribution in [0.4, 0.5) is 0 Å². The molecule has 0 aromatic carbocycles. The molecule has 0 unspecified atom stereocenters. The normalized spacial score (nSPS) is 44.7. The van der Waals surface area contributed by atoms with E-state index in [1.165, 1.54) is 0 Å². The number of fused-ring (bicyclic) bond motifs is 7. The van der Waals surface area contributed by atoms with E-state index in [0.717, 1.165) is 37.7 Å². The second kappa shape index (κ2) is 10.9. The fourth-order valence-electron chi connectivity index (χ4n) is 12.6. The molecule has 6 aliphatic rings. The Hall–Kier alpha value is -3.17. The number of ether oxygens (including phenoxy) is 1. The summed E-state index contributed by atoms with van der Waals surface area (Å²) in [7, 11) is 0. The van der Waals surface area contributed by atoms with Gasteiger partial charge in [0.05, 0.1) is 10.8 Å². The zero-order chi connectivity index (χ0) is 35.5. The van der Waals surface area contributed by atoms with Crippen LogP contribution < -0.4 is 5.82 Å². The van der Waals surface area contributed by atoms with Gasteiger partial charge in [0.1, 0.15) is 0 Å². The van der Waals surface area contributed by atoms with Crippen molar-refractivity contribution in [3.63, 3.8) is 0 Å². The van der Waals surface area contributed by atoms with E-state index < -0.39 is 39.4 Å². The van der Waals surface area contributed by atoms with E-state index in [4.69, 9.17) is 13.6 Å². The molecule has 1 aliphatic heterocycles. The number of carboxylic acid groups (broad SMARTS) is 1. The van der Waals surface area contributed by atoms with Gasteiger partial charge in [-0.15, -0.1) is 0 Å². The Labute approximate surface area is 288 Å². The molecule has 1 N–H and O–H groups in total. The van der Waals surface area contributed by atoms with Crippen LogP contribution in [0.25, 0.3) is 0 Å². The van der Waals surface area contributed by atoms with Crippen molar-refractivity contribution < 1.29 is 37.9 Å². The minimum atomic E-state index is -1.10. The zero-order valence-electron chi connectivity index (χ0n) is 30.2. The van der Waals surface area contributed by atoms with Crippen LogP contribution in [-0.4, -0.2) is 46.2 Å². The van der Waals surface area contributed by atoms with Crippen molar-refractivity contribution in [3.05, 3.63) is 33.8 Å². The van der Waals surface area contributed by atoms with E-state index in [9.17, 15) is 29.1 Å². The Bertz CT molecular complexity index is 1700. The van der Waals surface area contributed by atoms with Gasteiger partial charge in [-0.1, -0.05) is 33.3 Å². The monoisotopic (exact) mass is 679 g/mol. The number of carbonyl (C=O) groups is 4. The summed E-state index contributed by atoms with van der Waals surface area (Å²) in [4.78, 5) is 68.7. The molecular formula is C39H53NO9. The van der Waals surface area contributed by atoms with E-state index in [-0.39, 0.29) is 64.4 Å². The summed E-state index contributed by atoms with van der Waals surface area (Å²) in [5, 5.41) is 10.2. The Morgan fingerprint density at radius 3 is 2.31 bits per heavy atom. The van der Waals surface area contributed by atoms with Crippen LogP contribution in [0.2, 0.25) is 0 Å². The Morgan fingerprint density at radius 2 is 1.67 bits per heavy atom. The predicted octanol–water partition coefficient (Wildman–Crippen LogP) is 6.62. The number of hydrogen-bond donors (Lipinski definition) is 1. The highest BCUT2D eigenvalue weighted by Gasteiger charge is 2.72. The van der Waals surface area contributed by atoms with E-state index in [0.29, 0.717) is 45.1 Å². The highest BCUT2D eigenvalue weighted by molar-refractivity contribution is 5.96. The molecule has 268 valence electrons. The third kappa shape index (κ3) is 4.59. The van der Waals surface area contributed by atoms with Crippen LogP contribution in [0.15, 0.2) is 25.3 Å². The lowest BCUT2D eigenvalue weighted by Gasteiger charge is -2.70. The van der Waals surface area contributed by atoms with Crippen LogP contribution in [-0.2, 0) is 30.5 Å².